The molecule has 0 aliphatic rings. The highest BCUT2D eigenvalue weighted by molar-refractivity contribution is 7.26. The van der Waals surface area contributed by atoms with E-state index in [1.165, 1.54) is 75.5 Å². The number of rotatable bonds is 7. The van der Waals surface area contributed by atoms with Crippen LogP contribution in [0.2, 0.25) is 0 Å². The second kappa shape index (κ2) is 15.5. The summed E-state index contributed by atoms with van der Waals surface area (Å²) in [5.41, 5.74) is 19.5. The second-order valence-corrected chi connectivity index (χ2v) is 16.8. The molecule has 2 aromatic heterocycles. The second-order valence-electron chi connectivity index (χ2n) is 15.8. The van der Waals surface area contributed by atoms with E-state index in [-0.39, 0.29) is 0 Å². The van der Waals surface area contributed by atoms with Gasteiger partial charge in [0.25, 0.3) is 0 Å². The minimum Gasteiger partial charge on any atom is -0.208 e. The van der Waals surface area contributed by atoms with Crippen molar-refractivity contribution in [3.05, 3.63) is 170 Å². The first-order valence-electron chi connectivity index (χ1n) is 20.5. The molecule has 0 aliphatic heterocycles. The molecule has 9 heteroatoms. The number of fused-ring (bicyclic) bond motifs is 3. The fraction of sp³-hybridized carbons (Fsp3) is 0. The first-order chi connectivity index (χ1) is 29.3. The summed E-state index contributed by atoms with van der Waals surface area (Å²) in [6.07, 6.45) is 0. The van der Waals surface area contributed by atoms with E-state index in [1.54, 1.807) is 11.3 Å². The van der Waals surface area contributed by atoms with Gasteiger partial charge in [0.15, 0.2) is 17.5 Å². The van der Waals surface area contributed by atoms with Crippen molar-refractivity contribution in [3.63, 3.8) is 0 Å². The maximum absolute atomic E-state index is 5.21. The molecular weight excluding hydrogens is 741 g/mol. The van der Waals surface area contributed by atoms with Crippen molar-refractivity contribution < 1.29 is 0 Å². The molecule has 0 radical (unpaired) electrons. The Balaban J connectivity index is 1.02. The standard InChI is InChI=1S/C51H38B5N3S/c52-44-42(45(53)47(55)48(56)46(44)54)33-23-21-31(22-24-33)30-17-19-32(20-18-30)36-25-26-40-39(28-36)43-38(15-8-16-41(43)60-40)51-58-49(34-11-5-2-6-12-34)57-50(59-51)37-14-7-13-35(27-37)29-9-3-1-4-10-29/h1-28H,52-56H2. The molecule has 0 saturated carbocycles. The van der Waals surface area contributed by atoms with Crippen LogP contribution in [0.15, 0.2) is 170 Å². The number of benzene rings is 8. The molecule has 0 spiro atoms. The van der Waals surface area contributed by atoms with Crippen LogP contribution in [0.5, 0.6) is 0 Å². The Bertz CT molecular complexity index is 3210. The van der Waals surface area contributed by atoms with Crippen molar-refractivity contribution in [1.82, 2.24) is 15.0 Å². The summed E-state index contributed by atoms with van der Waals surface area (Å²) in [6, 6.07) is 60.5. The molecule has 0 unspecified atom stereocenters. The largest absolute Gasteiger partial charge is 0.208 e. The lowest BCUT2D eigenvalue weighted by atomic mass is 9.59. The van der Waals surface area contributed by atoms with E-state index < -0.39 is 0 Å². The van der Waals surface area contributed by atoms with Gasteiger partial charge in [-0.1, -0.05) is 157 Å². The summed E-state index contributed by atoms with van der Waals surface area (Å²) < 4.78 is 2.43. The van der Waals surface area contributed by atoms with Crippen LogP contribution in [0, 0.1) is 0 Å². The van der Waals surface area contributed by atoms with E-state index >= 15 is 0 Å². The zero-order valence-corrected chi connectivity index (χ0v) is 35.2. The molecule has 8 aromatic carbocycles. The molecule has 278 valence electrons. The average molecular weight is 779 g/mol. The van der Waals surface area contributed by atoms with Gasteiger partial charge in [0, 0.05) is 36.9 Å². The number of thiophene rings is 1. The van der Waals surface area contributed by atoms with Crippen LogP contribution in [-0.4, -0.2) is 54.2 Å². The monoisotopic (exact) mass is 779 g/mol. The van der Waals surface area contributed by atoms with Gasteiger partial charge in [-0.25, -0.2) is 15.0 Å². The van der Waals surface area contributed by atoms with Crippen LogP contribution >= 0.6 is 11.3 Å². The van der Waals surface area contributed by atoms with E-state index in [2.05, 4.69) is 185 Å². The fourth-order valence-electron chi connectivity index (χ4n) is 8.62. The quantitative estimate of drug-likeness (QED) is 0.209. The average Bonchev–Trinajstić information content (AvgIpc) is 3.69. The van der Waals surface area contributed by atoms with Gasteiger partial charge in [0.1, 0.15) is 39.2 Å². The van der Waals surface area contributed by atoms with Crippen LogP contribution < -0.4 is 27.3 Å². The van der Waals surface area contributed by atoms with Crippen LogP contribution in [0.25, 0.3) is 98.8 Å². The zero-order chi connectivity index (χ0) is 40.9. The third kappa shape index (κ3) is 6.79. The van der Waals surface area contributed by atoms with Crippen LogP contribution in [0.1, 0.15) is 0 Å². The summed E-state index contributed by atoms with van der Waals surface area (Å²) in [7, 11) is 11.2. The van der Waals surface area contributed by atoms with Gasteiger partial charge in [0.2, 0.25) is 0 Å². The Kier molecular flexibility index (Phi) is 9.70. The maximum atomic E-state index is 5.21. The first-order valence-corrected chi connectivity index (χ1v) is 21.3. The lowest BCUT2D eigenvalue weighted by Crippen LogP contribution is -2.55. The first kappa shape index (κ1) is 37.6. The number of hydrogen-bond acceptors (Lipinski definition) is 4. The fourth-order valence-corrected chi connectivity index (χ4v) is 9.73. The van der Waals surface area contributed by atoms with Crippen molar-refractivity contribution in [1.29, 1.82) is 0 Å². The number of aromatic nitrogens is 3. The third-order valence-corrected chi connectivity index (χ3v) is 13.5. The van der Waals surface area contributed by atoms with Crippen molar-refractivity contribution >= 4 is 98.1 Å². The summed E-state index contributed by atoms with van der Waals surface area (Å²) in [5, 5.41) is 2.36. The summed E-state index contributed by atoms with van der Waals surface area (Å²) in [6.45, 7) is 0. The molecule has 10 aromatic rings. The predicted molar refractivity (Wildman–Crippen MR) is 272 cm³/mol. The van der Waals surface area contributed by atoms with Gasteiger partial charge in [0.05, 0.1) is 0 Å². The molecule has 0 amide bonds. The topological polar surface area (TPSA) is 38.7 Å². The SMILES string of the molecule is Bc1c(B)c(B)c(-c2ccc(-c3ccc(-c4ccc5sc6cccc(-c7nc(-c8ccccc8)nc(-c8cccc(-c9ccccc9)c8)n7)c6c5c4)cc3)cc2)c(B)c1B. The number of hydrogen-bond donors (Lipinski definition) is 0. The smallest absolute Gasteiger partial charge is 0.164 e. The Morgan fingerprint density at radius 1 is 0.317 bits per heavy atom. The van der Waals surface area contributed by atoms with E-state index in [4.69, 9.17) is 15.0 Å². The zero-order valence-electron chi connectivity index (χ0n) is 34.4. The Labute approximate surface area is 359 Å². The molecule has 0 N–H and O–H groups in total. The van der Waals surface area contributed by atoms with Crippen molar-refractivity contribution in [2.24, 2.45) is 0 Å². The minimum absolute atomic E-state index is 0.647. The minimum atomic E-state index is 0.647. The summed E-state index contributed by atoms with van der Waals surface area (Å²) in [5.74, 6) is 1.96. The molecule has 0 fully saturated rings. The van der Waals surface area contributed by atoms with E-state index in [9.17, 15) is 0 Å². The molecule has 60 heavy (non-hydrogen) atoms. The summed E-state index contributed by atoms with van der Waals surface area (Å²) >= 11 is 1.81. The van der Waals surface area contributed by atoms with E-state index in [1.807, 2.05) is 24.3 Å². The van der Waals surface area contributed by atoms with Gasteiger partial charge in [-0.15, -0.1) is 27.7 Å². The van der Waals surface area contributed by atoms with E-state index in [0.29, 0.717) is 17.5 Å². The van der Waals surface area contributed by atoms with Gasteiger partial charge >= 0.3 is 0 Å². The van der Waals surface area contributed by atoms with Gasteiger partial charge in [-0.05, 0) is 68.8 Å². The molecule has 2 heterocycles. The molecule has 0 saturated heterocycles. The Hall–Kier alpha value is -6.69. The summed E-state index contributed by atoms with van der Waals surface area (Å²) in [4.78, 5) is 15.4. The Morgan fingerprint density at radius 2 is 0.767 bits per heavy atom. The van der Waals surface area contributed by atoms with Crippen molar-refractivity contribution in [2.45, 2.75) is 0 Å². The maximum Gasteiger partial charge on any atom is 0.164 e. The Morgan fingerprint density at radius 3 is 1.42 bits per heavy atom. The highest BCUT2D eigenvalue weighted by Gasteiger charge is 2.18. The predicted octanol–water partition coefficient (Wildman–Crippen LogP) is 5.20. The van der Waals surface area contributed by atoms with Crippen LogP contribution in [0.3, 0.4) is 0 Å². The van der Waals surface area contributed by atoms with Crippen LogP contribution in [-0.2, 0) is 0 Å². The third-order valence-electron chi connectivity index (χ3n) is 12.4. The normalized spacial score (nSPS) is 11.3. The van der Waals surface area contributed by atoms with Gasteiger partial charge in [-0.3, -0.25) is 0 Å². The molecule has 3 nitrogen and oxygen atoms in total. The molecular formula is C51H38B5N3S. The highest BCUT2D eigenvalue weighted by atomic mass is 32.1. The molecule has 10 rings (SSSR count). The molecule has 0 bridgehead atoms. The molecule has 0 atom stereocenters. The number of nitrogens with zero attached hydrogens (tertiary/aromatic N) is 3. The highest BCUT2D eigenvalue weighted by Crippen LogP contribution is 2.42. The molecule has 0 aliphatic carbocycles. The lowest BCUT2D eigenvalue weighted by Gasteiger charge is -2.20. The van der Waals surface area contributed by atoms with Gasteiger partial charge in [-0.2, -0.15) is 0 Å². The van der Waals surface area contributed by atoms with Crippen LogP contribution in [0.4, 0.5) is 0 Å². The van der Waals surface area contributed by atoms with Crippen molar-refractivity contribution in [3.8, 4) is 78.7 Å². The van der Waals surface area contributed by atoms with E-state index in [0.717, 1.165) is 33.2 Å². The van der Waals surface area contributed by atoms with Crippen molar-refractivity contribution in [2.75, 3.05) is 0 Å². The van der Waals surface area contributed by atoms with Gasteiger partial charge < -0.3 is 0 Å². The lowest BCUT2D eigenvalue weighted by molar-refractivity contribution is 1.08.